The maximum absolute atomic E-state index is 14.0. The molecule has 1 atom stereocenters. The number of carbonyl (C=O) groups is 2. The Morgan fingerprint density at radius 3 is 2.81 bits per heavy atom. The number of amides is 2. The summed E-state index contributed by atoms with van der Waals surface area (Å²) in [5.41, 5.74) is 4.11. The van der Waals surface area contributed by atoms with Gasteiger partial charge >= 0.3 is 0 Å². The number of hydrogen-bond donors (Lipinski definition) is 2. The average Bonchev–Trinajstić information content (AvgIpc) is 3.49. The van der Waals surface area contributed by atoms with Crippen molar-refractivity contribution in [1.82, 2.24) is 30.3 Å². The summed E-state index contributed by atoms with van der Waals surface area (Å²) in [5, 5.41) is 24.7. The van der Waals surface area contributed by atoms with Gasteiger partial charge in [0.15, 0.2) is 5.65 Å². The summed E-state index contributed by atoms with van der Waals surface area (Å²) >= 11 is 0. The summed E-state index contributed by atoms with van der Waals surface area (Å²) in [6.07, 6.45) is 2.82. The standard InChI is InChI=1S/C31H26N6O5/c38-27-9-7-24-17-26(27)30(39)32-12-2-14-41-22-4-1-3-20(16-22)29-25-8-6-23(42-24)15-19(25)11-13-36(29)31(40)21-5-10-28-33-34-35-37(28)18-21/h1,3-10,15-18,29,38H,2,11-14H2,(H,32,39). The predicted octanol–water partition coefficient (Wildman–Crippen LogP) is 3.92. The maximum Gasteiger partial charge on any atom is 0.256 e. The van der Waals surface area contributed by atoms with Crippen LogP contribution in [0.25, 0.3) is 5.65 Å². The number of nitrogens with one attached hydrogen (secondary N) is 1. The number of fused-ring (bicyclic) bond motifs is 7. The van der Waals surface area contributed by atoms with Crippen LogP contribution >= 0.6 is 0 Å². The van der Waals surface area contributed by atoms with Crippen molar-refractivity contribution in [3.05, 3.63) is 107 Å². The molecule has 3 aliphatic heterocycles. The lowest BCUT2D eigenvalue weighted by Gasteiger charge is -2.38. The Labute approximate surface area is 240 Å². The van der Waals surface area contributed by atoms with Crippen LogP contribution in [-0.4, -0.2) is 61.6 Å². The minimum absolute atomic E-state index is 0.125. The second kappa shape index (κ2) is 10.5. The molecule has 3 aromatic carbocycles. The van der Waals surface area contributed by atoms with Gasteiger partial charge in [-0.3, -0.25) is 9.59 Å². The highest BCUT2D eigenvalue weighted by atomic mass is 16.5. The van der Waals surface area contributed by atoms with Gasteiger partial charge in [-0.25, -0.2) is 0 Å². The molecule has 8 rings (SSSR count). The second-order valence-corrected chi connectivity index (χ2v) is 10.2. The van der Waals surface area contributed by atoms with Crippen molar-refractivity contribution in [1.29, 1.82) is 0 Å². The lowest BCUT2D eigenvalue weighted by atomic mass is 9.87. The number of ether oxygens (including phenoxy) is 2. The first-order valence-corrected chi connectivity index (χ1v) is 13.7. The van der Waals surface area contributed by atoms with Gasteiger partial charge in [0.1, 0.15) is 23.0 Å². The van der Waals surface area contributed by atoms with Crippen LogP contribution in [0.5, 0.6) is 23.0 Å². The summed E-state index contributed by atoms with van der Waals surface area (Å²) in [6, 6.07) is 21.2. The number of nitrogens with zero attached hydrogens (tertiary/aromatic N) is 5. The van der Waals surface area contributed by atoms with Gasteiger partial charge in [0.05, 0.1) is 23.8 Å². The van der Waals surface area contributed by atoms with Gasteiger partial charge in [0.2, 0.25) is 0 Å². The molecule has 0 fully saturated rings. The minimum Gasteiger partial charge on any atom is -0.507 e. The van der Waals surface area contributed by atoms with E-state index in [4.69, 9.17) is 9.47 Å². The number of aromatic hydroxyl groups is 1. The van der Waals surface area contributed by atoms with Crippen molar-refractivity contribution < 1.29 is 24.2 Å². The fourth-order valence-electron chi connectivity index (χ4n) is 5.51. The van der Waals surface area contributed by atoms with Crippen molar-refractivity contribution in [2.75, 3.05) is 19.7 Å². The molecule has 210 valence electrons. The van der Waals surface area contributed by atoms with E-state index in [1.165, 1.54) is 16.6 Å². The van der Waals surface area contributed by atoms with Gasteiger partial charge in [-0.15, -0.1) is 5.10 Å². The Balaban J connectivity index is 1.31. The molecule has 3 aliphatic rings. The molecule has 0 spiro atoms. The van der Waals surface area contributed by atoms with Crippen LogP contribution < -0.4 is 14.8 Å². The number of benzene rings is 3. The average molecular weight is 563 g/mol. The zero-order valence-corrected chi connectivity index (χ0v) is 22.4. The van der Waals surface area contributed by atoms with Gasteiger partial charge < -0.3 is 24.8 Å². The molecule has 8 bridgehead atoms. The van der Waals surface area contributed by atoms with E-state index >= 15 is 0 Å². The van der Waals surface area contributed by atoms with Gasteiger partial charge in [-0.05, 0) is 94.6 Å². The molecule has 5 aromatic rings. The zero-order valence-electron chi connectivity index (χ0n) is 22.4. The third kappa shape index (κ3) is 4.74. The highest BCUT2D eigenvalue weighted by molar-refractivity contribution is 5.97. The quantitative estimate of drug-likeness (QED) is 0.314. The number of phenols is 1. The number of carbonyl (C=O) groups excluding carboxylic acids is 2. The van der Waals surface area contributed by atoms with Crippen LogP contribution in [0.1, 0.15) is 49.9 Å². The van der Waals surface area contributed by atoms with Gasteiger partial charge in [0, 0.05) is 19.3 Å². The van der Waals surface area contributed by atoms with Crippen LogP contribution in [0.15, 0.2) is 79.0 Å². The number of phenolic OH excluding ortho intramolecular Hbond substituents is 1. The molecular formula is C31H26N6O5. The molecule has 1 unspecified atom stereocenters. The Hall–Kier alpha value is -5.45. The van der Waals surface area contributed by atoms with Gasteiger partial charge in [-0.1, -0.05) is 18.2 Å². The Kier molecular flexibility index (Phi) is 6.38. The van der Waals surface area contributed by atoms with Crippen molar-refractivity contribution in [3.8, 4) is 23.0 Å². The van der Waals surface area contributed by atoms with Crippen molar-refractivity contribution in [3.63, 3.8) is 0 Å². The van der Waals surface area contributed by atoms with Gasteiger partial charge in [-0.2, -0.15) is 4.52 Å². The van der Waals surface area contributed by atoms with Crippen LogP contribution in [0, 0.1) is 0 Å². The highest BCUT2D eigenvalue weighted by Crippen LogP contribution is 2.39. The molecule has 0 saturated heterocycles. The lowest BCUT2D eigenvalue weighted by molar-refractivity contribution is 0.0693. The molecule has 0 radical (unpaired) electrons. The van der Waals surface area contributed by atoms with E-state index in [1.54, 1.807) is 24.4 Å². The van der Waals surface area contributed by atoms with E-state index in [0.717, 1.165) is 16.7 Å². The minimum atomic E-state index is -0.390. The third-order valence-electron chi connectivity index (χ3n) is 7.54. The summed E-state index contributed by atoms with van der Waals surface area (Å²) in [4.78, 5) is 28.6. The van der Waals surface area contributed by atoms with Gasteiger partial charge in [0.25, 0.3) is 11.8 Å². The monoisotopic (exact) mass is 562 g/mol. The molecular weight excluding hydrogens is 536 g/mol. The smallest absolute Gasteiger partial charge is 0.256 e. The summed E-state index contributed by atoms with van der Waals surface area (Å²) in [7, 11) is 0. The van der Waals surface area contributed by atoms with E-state index < -0.39 is 5.91 Å². The van der Waals surface area contributed by atoms with Crippen molar-refractivity contribution in [2.24, 2.45) is 0 Å². The fourth-order valence-corrected chi connectivity index (χ4v) is 5.51. The van der Waals surface area contributed by atoms with E-state index in [0.29, 0.717) is 61.0 Å². The van der Waals surface area contributed by atoms with Crippen LogP contribution in [0.4, 0.5) is 0 Å². The normalized spacial score (nSPS) is 16.6. The number of pyridine rings is 1. The topological polar surface area (TPSA) is 131 Å². The third-order valence-corrected chi connectivity index (χ3v) is 7.54. The Morgan fingerprint density at radius 1 is 1.00 bits per heavy atom. The lowest BCUT2D eigenvalue weighted by Crippen LogP contribution is -2.40. The summed E-state index contributed by atoms with van der Waals surface area (Å²) in [6.45, 7) is 1.21. The van der Waals surface area contributed by atoms with Crippen LogP contribution in [-0.2, 0) is 6.42 Å². The van der Waals surface area contributed by atoms with Crippen LogP contribution in [0.2, 0.25) is 0 Å². The first-order chi connectivity index (χ1) is 20.5. The van der Waals surface area contributed by atoms with Crippen molar-refractivity contribution in [2.45, 2.75) is 18.9 Å². The molecule has 11 nitrogen and oxygen atoms in total. The van der Waals surface area contributed by atoms with E-state index in [1.807, 2.05) is 47.4 Å². The first kappa shape index (κ1) is 25.5. The first-order valence-electron chi connectivity index (χ1n) is 13.7. The number of rotatable bonds is 1. The zero-order chi connectivity index (χ0) is 28.6. The molecule has 0 aliphatic carbocycles. The predicted molar refractivity (Wildman–Crippen MR) is 151 cm³/mol. The Bertz CT molecular complexity index is 1840. The SMILES string of the molecule is O=C1NCCCOc2cccc(c2)C2c3ccc(cc3CCN2C(=O)c2ccc3nnnn3c2)Oc2ccc(O)c1c2. The maximum atomic E-state index is 14.0. The molecule has 11 heteroatoms. The van der Waals surface area contributed by atoms with Crippen LogP contribution in [0.3, 0.4) is 0 Å². The highest BCUT2D eigenvalue weighted by Gasteiger charge is 2.33. The molecule has 2 amide bonds. The molecule has 5 heterocycles. The summed E-state index contributed by atoms with van der Waals surface area (Å²) in [5.74, 6) is 1.03. The largest absolute Gasteiger partial charge is 0.507 e. The second-order valence-electron chi connectivity index (χ2n) is 10.2. The van der Waals surface area contributed by atoms with E-state index in [9.17, 15) is 14.7 Å². The van der Waals surface area contributed by atoms with E-state index in [2.05, 4.69) is 20.8 Å². The summed E-state index contributed by atoms with van der Waals surface area (Å²) < 4.78 is 13.7. The number of aromatic nitrogens is 4. The molecule has 2 aromatic heterocycles. The molecule has 42 heavy (non-hydrogen) atoms. The number of hydrogen-bond acceptors (Lipinski definition) is 8. The molecule has 2 N–H and O–H groups in total. The molecule has 0 saturated carbocycles. The Morgan fingerprint density at radius 2 is 1.88 bits per heavy atom. The van der Waals surface area contributed by atoms with E-state index in [-0.39, 0.29) is 23.3 Å². The fraction of sp³-hybridized carbons (Fsp3) is 0.194. The van der Waals surface area contributed by atoms with Crippen molar-refractivity contribution >= 4 is 17.5 Å². The number of tetrazole rings is 1.